The van der Waals surface area contributed by atoms with E-state index in [1.165, 1.54) is 44.9 Å². The van der Waals surface area contributed by atoms with E-state index in [-0.39, 0.29) is 0 Å². The van der Waals surface area contributed by atoms with E-state index in [0.29, 0.717) is 0 Å². The molecule has 0 amide bonds. The van der Waals surface area contributed by atoms with Crippen molar-refractivity contribution in [1.82, 2.24) is 10.2 Å². The minimum atomic E-state index is 0.783. The van der Waals surface area contributed by atoms with Crippen LogP contribution < -0.4 is 5.32 Å². The number of hydrogen-bond acceptors (Lipinski definition) is 2. The van der Waals surface area contributed by atoms with E-state index in [9.17, 15) is 0 Å². The fourth-order valence-corrected chi connectivity index (χ4v) is 3.77. The highest BCUT2D eigenvalue weighted by Gasteiger charge is 2.32. The normalized spacial score (nSPS) is 40.5. The molecule has 0 aromatic carbocycles. The molecule has 0 bridgehead atoms. The van der Waals surface area contributed by atoms with E-state index in [4.69, 9.17) is 0 Å². The Morgan fingerprint density at radius 3 is 2.19 bits per heavy atom. The summed E-state index contributed by atoms with van der Waals surface area (Å²) in [7, 11) is 4.48. The topological polar surface area (TPSA) is 15.3 Å². The molecule has 2 nitrogen and oxygen atoms in total. The average molecular weight is 224 g/mol. The van der Waals surface area contributed by atoms with Crippen molar-refractivity contribution in [3.8, 4) is 0 Å². The van der Waals surface area contributed by atoms with Crippen molar-refractivity contribution < 1.29 is 0 Å². The summed E-state index contributed by atoms with van der Waals surface area (Å²) in [6.45, 7) is 2.44. The molecule has 0 saturated heterocycles. The zero-order chi connectivity index (χ0) is 11.5. The van der Waals surface area contributed by atoms with Gasteiger partial charge in [-0.15, -0.1) is 0 Å². The van der Waals surface area contributed by atoms with Gasteiger partial charge in [0.05, 0.1) is 0 Å². The molecule has 94 valence electrons. The molecule has 0 heterocycles. The Labute approximate surface area is 101 Å². The molecule has 2 aliphatic carbocycles. The van der Waals surface area contributed by atoms with Crippen LogP contribution in [-0.4, -0.2) is 37.1 Å². The lowest BCUT2D eigenvalue weighted by atomic mass is 9.89. The first kappa shape index (κ1) is 12.4. The third-order valence-corrected chi connectivity index (χ3v) is 5.02. The van der Waals surface area contributed by atoms with Crippen molar-refractivity contribution >= 4 is 0 Å². The Kier molecular flexibility index (Phi) is 4.26. The summed E-state index contributed by atoms with van der Waals surface area (Å²) < 4.78 is 0. The van der Waals surface area contributed by atoms with E-state index in [1.54, 1.807) is 0 Å². The lowest BCUT2D eigenvalue weighted by Gasteiger charge is -2.39. The van der Waals surface area contributed by atoms with Crippen LogP contribution in [0.25, 0.3) is 0 Å². The van der Waals surface area contributed by atoms with Crippen LogP contribution in [0, 0.1) is 5.92 Å². The standard InChI is InChI=1S/C14H28N2/c1-11-5-4-6-14(11)16(3)13-9-7-12(15-2)8-10-13/h11-15H,4-10H2,1-3H3. The van der Waals surface area contributed by atoms with Gasteiger partial charge < -0.3 is 10.2 Å². The Bertz CT molecular complexity index is 209. The molecule has 0 radical (unpaired) electrons. The molecular weight excluding hydrogens is 196 g/mol. The summed E-state index contributed by atoms with van der Waals surface area (Å²) in [5, 5.41) is 3.42. The molecule has 0 aromatic heterocycles. The van der Waals surface area contributed by atoms with Crippen LogP contribution in [0.2, 0.25) is 0 Å². The van der Waals surface area contributed by atoms with Crippen LogP contribution in [0.3, 0.4) is 0 Å². The molecule has 0 spiro atoms. The molecule has 2 saturated carbocycles. The van der Waals surface area contributed by atoms with Crippen LogP contribution in [0.1, 0.15) is 51.9 Å². The Morgan fingerprint density at radius 2 is 1.69 bits per heavy atom. The van der Waals surface area contributed by atoms with Crippen LogP contribution in [-0.2, 0) is 0 Å². The molecule has 2 heteroatoms. The van der Waals surface area contributed by atoms with Gasteiger partial charge in [0.1, 0.15) is 0 Å². The maximum absolute atomic E-state index is 3.42. The second-order valence-electron chi connectivity index (χ2n) is 5.94. The number of nitrogens with zero attached hydrogens (tertiary/aromatic N) is 1. The zero-order valence-corrected chi connectivity index (χ0v) is 11.2. The number of rotatable bonds is 3. The summed E-state index contributed by atoms with van der Waals surface area (Å²) >= 11 is 0. The predicted molar refractivity (Wildman–Crippen MR) is 69.7 cm³/mol. The Hall–Kier alpha value is -0.0800. The highest BCUT2D eigenvalue weighted by Crippen LogP contribution is 2.33. The van der Waals surface area contributed by atoms with E-state index in [2.05, 4.69) is 31.2 Å². The van der Waals surface area contributed by atoms with Crippen molar-refractivity contribution in [2.75, 3.05) is 14.1 Å². The van der Waals surface area contributed by atoms with E-state index in [1.807, 2.05) is 0 Å². The maximum Gasteiger partial charge on any atom is 0.0121 e. The molecule has 1 N–H and O–H groups in total. The van der Waals surface area contributed by atoms with Crippen molar-refractivity contribution in [1.29, 1.82) is 0 Å². The van der Waals surface area contributed by atoms with E-state index < -0.39 is 0 Å². The van der Waals surface area contributed by atoms with Crippen molar-refractivity contribution in [2.45, 2.75) is 70.0 Å². The Balaban J connectivity index is 1.83. The first-order valence-electron chi connectivity index (χ1n) is 7.11. The summed E-state index contributed by atoms with van der Waals surface area (Å²) in [6.07, 6.45) is 9.85. The van der Waals surface area contributed by atoms with Gasteiger partial charge >= 0.3 is 0 Å². The predicted octanol–water partition coefficient (Wildman–Crippen LogP) is 2.64. The summed E-state index contributed by atoms with van der Waals surface area (Å²) in [6, 6.07) is 2.51. The second-order valence-corrected chi connectivity index (χ2v) is 5.94. The van der Waals surface area contributed by atoms with Gasteiger partial charge in [-0.2, -0.15) is 0 Å². The fraction of sp³-hybridized carbons (Fsp3) is 1.00. The minimum Gasteiger partial charge on any atom is -0.317 e. The van der Waals surface area contributed by atoms with Gasteiger partial charge in [0.15, 0.2) is 0 Å². The van der Waals surface area contributed by atoms with Gasteiger partial charge in [0, 0.05) is 18.1 Å². The van der Waals surface area contributed by atoms with Crippen LogP contribution in [0.4, 0.5) is 0 Å². The third kappa shape index (κ3) is 2.60. The summed E-state index contributed by atoms with van der Waals surface area (Å²) in [4.78, 5) is 2.71. The zero-order valence-electron chi connectivity index (χ0n) is 11.2. The Morgan fingerprint density at radius 1 is 1.00 bits per heavy atom. The van der Waals surface area contributed by atoms with Gasteiger partial charge in [-0.3, -0.25) is 0 Å². The maximum atomic E-state index is 3.42. The average Bonchev–Trinajstić information content (AvgIpc) is 2.75. The van der Waals surface area contributed by atoms with Crippen LogP contribution in [0.5, 0.6) is 0 Å². The lowest BCUT2D eigenvalue weighted by Crippen LogP contribution is -2.45. The molecule has 0 aliphatic heterocycles. The number of nitrogens with one attached hydrogen (secondary N) is 1. The second kappa shape index (κ2) is 5.50. The molecule has 0 aromatic rings. The summed E-state index contributed by atoms with van der Waals surface area (Å²) in [5.41, 5.74) is 0. The largest absolute Gasteiger partial charge is 0.317 e. The van der Waals surface area contributed by atoms with E-state index in [0.717, 1.165) is 24.0 Å². The first-order valence-corrected chi connectivity index (χ1v) is 7.11. The van der Waals surface area contributed by atoms with Gasteiger partial charge in [-0.1, -0.05) is 13.3 Å². The van der Waals surface area contributed by atoms with Crippen LogP contribution >= 0.6 is 0 Å². The molecule has 2 atom stereocenters. The fourth-order valence-electron chi connectivity index (χ4n) is 3.77. The van der Waals surface area contributed by atoms with Gasteiger partial charge in [-0.25, -0.2) is 0 Å². The first-order chi connectivity index (χ1) is 7.72. The molecule has 2 rings (SSSR count). The monoisotopic (exact) mass is 224 g/mol. The third-order valence-electron chi connectivity index (χ3n) is 5.02. The van der Waals surface area contributed by atoms with Crippen molar-refractivity contribution in [2.24, 2.45) is 5.92 Å². The molecule has 16 heavy (non-hydrogen) atoms. The lowest BCUT2D eigenvalue weighted by molar-refractivity contribution is 0.109. The van der Waals surface area contributed by atoms with Crippen LogP contribution in [0.15, 0.2) is 0 Å². The molecule has 2 unspecified atom stereocenters. The van der Waals surface area contributed by atoms with Gasteiger partial charge in [-0.05, 0) is 58.5 Å². The smallest absolute Gasteiger partial charge is 0.0121 e. The quantitative estimate of drug-likeness (QED) is 0.793. The highest BCUT2D eigenvalue weighted by molar-refractivity contribution is 4.88. The summed E-state index contributed by atoms with van der Waals surface area (Å²) in [5.74, 6) is 0.923. The SMILES string of the molecule is CNC1CCC(N(C)C2CCCC2C)CC1. The number of hydrogen-bond donors (Lipinski definition) is 1. The molecular formula is C14H28N2. The highest BCUT2D eigenvalue weighted by atomic mass is 15.2. The molecule has 2 fully saturated rings. The van der Waals surface area contributed by atoms with Crippen molar-refractivity contribution in [3.05, 3.63) is 0 Å². The van der Waals surface area contributed by atoms with Crippen molar-refractivity contribution in [3.63, 3.8) is 0 Å². The molecule has 2 aliphatic rings. The van der Waals surface area contributed by atoms with Gasteiger partial charge in [0.2, 0.25) is 0 Å². The van der Waals surface area contributed by atoms with Gasteiger partial charge in [0.25, 0.3) is 0 Å². The minimum absolute atomic E-state index is 0.783. The van der Waals surface area contributed by atoms with E-state index >= 15 is 0 Å².